The van der Waals surface area contributed by atoms with Crippen molar-refractivity contribution in [3.8, 4) is 0 Å². The summed E-state index contributed by atoms with van der Waals surface area (Å²) in [4.78, 5) is 11.4. The maximum Gasteiger partial charge on any atom is 0.337 e. The van der Waals surface area contributed by atoms with Crippen molar-refractivity contribution >= 4 is 32.9 Å². The van der Waals surface area contributed by atoms with Gasteiger partial charge in [-0.05, 0) is 40.5 Å². The van der Waals surface area contributed by atoms with Crippen LogP contribution >= 0.6 is 15.9 Å². The number of fused-ring (bicyclic) bond motifs is 1. The Morgan fingerprint density at radius 1 is 1.47 bits per heavy atom. The monoisotopic (exact) mass is 268 g/mol. The van der Waals surface area contributed by atoms with Crippen molar-refractivity contribution in [1.29, 1.82) is 0 Å². The number of benzene rings is 1. The van der Waals surface area contributed by atoms with Crippen molar-refractivity contribution in [2.45, 2.75) is 6.92 Å². The van der Waals surface area contributed by atoms with Gasteiger partial charge in [0.05, 0.1) is 23.4 Å². The van der Waals surface area contributed by atoms with E-state index in [0.29, 0.717) is 5.56 Å². The van der Waals surface area contributed by atoms with Crippen LogP contribution in [0.1, 0.15) is 15.9 Å². The standard InChI is InChI=1S/C11H9BrO3/c1-6-5-15-10-8(6)3-7(4-9(10)12)11(13)14-2/h3-5H,1-2H3. The van der Waals surface area contributed by atoms with Crippen molar-refractivity contribution in [2.75, 3.05) is 7.11 Å². The molecule has 78 valence electrons. The molecule has 0 radical (unpaired) electrons. The van der Waals surface area contributed by atoms with Crippen LogP contribution in [0.2, 0.25) is 0 Å². The van der Waals surface area contributed by atoms with Crippen LogP contribution in [0.15, 0.2) is 27.3 Å². The number of hydrogen-bond acceptors (Lipinski definition) is 3. The molecule has 2 aromatic rings. The summed E-state index contributed by atoms with van der Waals surface area (Å²) in [5, 5.41) is 0.921. The lowest BCUT2D eigenvalue weighted by Crippen LogP contribution is -2.00. The van der Waals surface area contributed by atoms with Gasteiger partial charge in [-0.15, -0.1) is 0 Å². The van der Waals surface area contributed by atoms with E-state index in [0.717, 1.165) is 21.0 Å². The third kappa shape index (κ3) is 1.65. The Hall–Kier alpha value is -1.29. The molecule has 4 heteroatoms. The molecule has 0 unspecified atom stereocenters. The first-order chi connectivity index (χ1) is 7.13. The Morgan fingerprint density at radius 3 is 2.87 bits per heavy atom. The first-order valence-corrected chi connectivity index (χ1v) is 5.18. The molecule has 0 saturated heterocycles. The normalized spacial score (nSPS) is 10.6. The second-order valence-corrected chi connectivity index (χ2v) is 4.10. The molecule has 0 spiro atoms. The number of halogens is 1. The second-order valence-electron chi connectivity index (χ2n) is 3.25. The molecule has 0 amide bonds. The molecule has 1 aromatic carbocycles. The van der Waals surface area contributed by atoms with Crippen LogP contribution in [-0.2, 0) is 4.74 Å². The average Bonchev–Trinajstić information content (AvgIpc) is 2.60. The molecule has 0 bridgehead atoms. The van der Waals surface area contributed by atoms with Crippen molar-refractivity contribution in [2.24, 2.45) is 0 Å². The van der Waals surface area contributed by atoms with Crippen LogP contribution in [0.4, 0.5) is 0 Å². The molecule has 15 heavy (non-hydrogen) atoms. The van der Waals surface area contributed by atoms with Crippen LogP contribution in [0, 0.1) is 6.92 Å². The number of rotatable bonds is 1. The van der Waals surface area contributed by atoms with Gasteiger partial charge in [0.1, 0.15) is 5.58 Å². The lowest BCUT2D eigenvalue weighted by atomic mass is 10.1. The minimum absolute atomic E-state index is 0.349. The fourth-order valence-electron chi connectivity index (χ4n) is 1.45. The second kappa shape index (κ2) is 3.70. The van der Waals surface area contributed by atoms with E-state index in [4.69, 9.17) is 4.42 Å². The van der Waals surface area contributed by atoms with E-state index in [1.165, 1.54) is 7.11 Å². The van der Waals surface area contributed by atoms with Gasteiger partial charge in [0, 0.05) is 5.39 Å². The number of ether oxygens (including phenoxy) is 1. The summed E-state index contributed by atoms with van der Waals surface area (Å²) in [7, 11) is 1.36. The molecule has 0 fully saturated rings. The predicted molar refractivity (Wildman–Crippen MR) is 60.0 cm³/mol. The van der Waals surface area contributed by atoms with E-state index in [9.17, 15) is 4.79 Å². The van der Waals surface area contributed by atoms with E-state index in [-0.39, 0.29) is 5.97 Å². The van der Waals surface area contributed by atoms with Gasteiger partial charge >= 0.3 is 5.97 Å². The number of furan rings is 1. The molecular weight excluding hydrogens is 260 g/mol. The first-order valence-electron chi connectivity index (χ1n) is 4.39. The van der Waals surface area contributed by atoms with E-state index >= 15 is 0 Å². The quantitative estimate of drug-likeness (QED) is 0.746. The molecule has 0 aliphatic heterocycles. The highest BCUT2D eigenvalue weighted by molar-refractivity contribution is 9.10. The Bertz CT molecular complexity index is 528. The number of carbonyl (C=O) groups excluding carboxylic acids is 1. The summed E-state index contributed by atoms with van der Waals surface area (Å²) in [6, 6.07) is 3.46. The molecule has 0 aliphatic carbocycles. The summed E-state index contributed by atoms with van der Waals surface area (Å²) in [5.41, 5.74) is 2.26. The highest BCUT2D eigenvalue weighted by Gasteiger charge is 2.12. The van der Waals surface area contributed by atoms with Gasteiger partial charge in [0.15, 0.2) is 0 Å². The van der Waals surface area contributed by atoms with Gasteiger partial charge in [-0.25, -0.2) is 4.79 Å². The number of methoxy groups -OCH3 is 1. The molecule has 3 nitrogen and oxygen atoms in total. The SMILES string of the molecule is COC(=O)c1cc(Br)c2occ(C)c2c1. The zero-order chi connectivity index (χ0) is 11.0. The van der Waals surface area contributed by atoms with Gasteiger partial charge in [0.25, 0.3) is 0 Å². The third-order valence-corrected chi connectivity index (χ3v) is 2.83. The van der Waals surface area contributed by atoms with Crippen LogP contribution in [0.25, 0.3) is 11.0 Å². The fraction of sp³-hybridized carbons (Fsp3) is 0.182. The summed E-state index contributed by atoms with van der Waals surface area (Å²) < 4.78 is 10.8. The molecule has 0 N–H and O–H groups in total. The van der Waals surface area contributed by atoms with Crippen LogP contribution in [0.3, 0.4) is 0 Å². The fourth-order valence-corrected chi connectivity index (χ4v) is 2.01. The van der Waals surface area contributed by atoms with Crippen molar-refractivity contribution < 1.29 is 13.9 Å². The van der Waals surface area contributed by atoms with E-state index in [1.807, 2.05) is 6.92 Å². The number of hydrogen-bond donors (Lipinski definition) is 0. The van der Waals surface area contributed by atoms with Gasteiger partial charge in [-0.2, -0.15) is 0 Å². The summed E-state index contributed by atoms with van der Waals surface area (Å²) >= 11 is 3.36. The first kappa shape index (κ1) is 10.2. The zero-order valence-corrected chi connectivity index (χ0v) is 9.92. The highest BCUT2D eigenvalue weighted by atomic mass is 79.9. The average molecular weight is 269 g/mol. The van der Waals surface area contributed by atoms with Crippen LogP contribution in [0.5, 0.6) is 0 Å². The molecular formula is C11H9BrO3. The molecule has 0 aliphatic rings. The zero-order valence-electron chi connectivity index (χ0n) is 8.33. The maximum absolute atomic E-state index is 11.4. The minimum atomic E-state index is -0.349. The molecule has 0 atom stereocenters. The minimum Gasteiger partial charge on any atom is -0.465 e. The lowest BCUT2D eigenvalue weighted by Gasteiger charge is -2.00. The van der Waals surface area contributed by atoms with Crippen molar-refractivity contribution in [3.63, 3.8) is 0 Å². The molecule has 1 heterocycles. The number of esters is 1. The third-order valence-electron chi connectivity index (χ3n) is 2.24. The van der Waals surface area contributed by atoms with E-state index < -0.39 is 0 Å². The predicted octanol–water partition coefficient (Wildman–Crippen LogP) is 3.29. The Balaban J connectivity index is 2.70. The Kier molecular flexibility index (Phi) is 2.52. The molecule has 2 rings (SSSR count). The summed E-state index contributed by atoms with van der Waals surface area (Å²) in [6.07, 6.45) is 1.66. The van der Waals surface area contributed by atoms with Crippen LogP contribution in [-0.4, -0.2) is 13.1 Å². The molecule has 1 aromatic heterocycles. The van der Waals surface area contributed by atoms with Gasteiger partial charge in [0.2, 0.25) is 0 Å². The van der Waals surface area contributed by atoms with Crippen molar-refractivity contribution in [1.82, 2.24) is 0 Å². The largest absolute Gasteiger partial charge is 0.465 e. The van der Waals surface area contributed by atoms with Crippen LogP contribution < -0.4 is 0 Å². The van der Waals surface area contributed by atoms with E-state index in [1.54, 1.807) is 18.4 Å². The van der Waals surface area contributed by atoms with Gasteiger partial charge in [-0.3, -0.25) is 0 Å². The number of aryl methyl sites for hydroxylation is 1. The Morgan fingerprint density at radius 2 is 2.20 bits per heavy atom. The van der Waals surface area contributed by atoms with E-state index in [2.05, 4.69) is 20.7 Å². The molecule has 0 saturated carbocycles. The van der Waals surface area contributed by atoms with Gasteiger partial charge < -0.3 is 9.15 Å². The lowest BCUT2D eigenvalue weighted by molar-refractivity contribution is 0.0601. The van der Waals surface area contributed by atoms with Gasteiger partial charge in [-0.1, -0.05) is 0 Å². The maximum atomic E-state index is 11.4. The van der Waals surface area contributed by atoms with Crippen molar-refractivity contribution in [3.05, 3.63) is 34.0 Å². The topological polar surface area (TPSA) is 39.4 Å². The summed E-state index contributed by atoms with van der Waals surface area (Å²) in [5.74, 6) is -0.349. The summed E-state index contributed by atoms with van der Waals surface area (Å²) in [6.45, 7) is 1.93. The number of carbonyl (C=O) groups is 1. The Labute approximate surface area is 95.1 Å². The smallest absolute Gasteiger partial charge is 0.337 e. The highest BCUT2D eigenvalue weighted by Crippen LogP contribution is 2.29.